The number of nitrogens with zero attached hydrogens (tertiary/aromatic N) is 2. The van der Waals surface area contributed by atoms with Crippen molar-refractivity contribution in [1.82, 2.24) is 15.5 Å². The van der Waals surface area contributed by atoms with E-state index in [1.54, 1.807) is 14.2 Å². The molecule has 1 fully saturated rings. The third-order valence-corrected chi connectivity index (χ3v) is 4.61. The van der Waals surface area contributed by atoms with Gasteiger partial charge in [0.2, 0.25) is 0 Å². The highest BCUT2D eigenvalue weighted by atomic mass is 16.5. The Morgan fingerprint density at radius 2 is 2.00 bits per heavy atom. The Balaban J connectivity index is 1.94. The Morgan fingerprint density at radius 1 is 1.23 bits per heavy atom. The molecule has 6 nitrogen and oxygen atoms in total. The predicted octanol–water partition coefficient (Wildman–Crippen LogP) is 2.63. The molecule has 26 heavy (non-hydrogen) atoms. The van der Waals surface area contributed by atoms with Crippen LogP contribution in [0.25, 0.3) is 0 Å². The minimum absolute atomic E-state index is 0.300. The zero-order chi connectivity index (χ0) is 18.8. The fourth-order valence-electron chi connectivity index (χ4n) is 3.17. The Bertz CT molecular complexity index is 569. The Hall–Kier alpha value is -1.95. The molecular formula is C20H34N4O2. The smallest absolute Gasteiger partial charge is 0.191 e. The number of benzene rings is 1. The summed E-state index contributed by atoms with van der Waals surface area (Å²) in [7, 11) is 7.66. The van der Waals surface area contributed by atoms with Gasteiger partial charge < -0.3 is 25.0 Å². The van der Waals surface area contributed by atoms with E-state index in [9.17, 15) is 0 Å². The van der Waals surface area contributed by atoms with Crippen LogP contribution in [0.15, 0.2) is 23.2 Å². The third kappa shape index (κ3) is 6.41. The largest absolute Gasteiger partial charge is 0.493 e. The third-order valence-electron chi connectivity index (χ3n) is 4.61. The lowest BCUT2D eigenvalue weighted by molar-refractivity contribution is 0.198. The molecule has 0 atom stereocenters. The number of nitrogens with one attached hydrogen (secondary N) is 2. The molecule has 1 aromatic carbocycles. The van der Waals surface area contributed by atoms with Gasteiger partial charge in [-0.25, -0.2) is 0 Å². The second-order valence-corrected chi connectivity index (χ2v) is 6.98. The van der Waals surface area contributed by atoms with Crippen LogP contribution in [-0.4, -0.2) is 58.3 Å². The van der Waals surface area contributed by atoms with Gasteiger partial charge in [-0.05, 0) is 58.8 Å². The minimum Gasteiger partial charge on any atom is -0.493 e. The van der Waals surface area contributed by atoms with Crippen molar-refractivity contribution in [2.45, 2.75) is 44.8 Å². The zero-order valence-corrected chi connectivity index (χ0v) is 16.7. The van der Waals surface area contributed by atoms with Crippen LogP contribution in [0.4, 0.5) is 0 Å². The van der Waals surface area contributed by atoms with Crippen molar-refractivity contribution < 1.29 is 9.47 Å². The zero-order valence-electron chi connectivity index (χ0n) is 16.7. The van der Waals surface area contributed by atoms with Crippen LogP contribution in [0.1, 0.15) is 37.7 Å². The van der Waals surface area contributed by atoms with Gasteiger partial charge in [0.05, 0.1) is 13.2 Å². The van der Waals surface area contributed by atoms with Crippen molar-refractivity contribution in [3.63, 3.8) is 0 Å². The van der Waals surface area contributed by atoms with Gasteiger partial charge >= 0.3 is 0 Å². The Morgan fingerprint density at radius 3 is 2.65 bits per heavy atom. The van der Waals surface area contributed by atoms with Crippen LogP contribution in [0.3, 0.4) is 0 Å². The summed E-state index contributed by atoms with van der Waals surface area (Å²) in [5, 5.41) is 6.74. The molecule has 0 bridgehead atoms. The van der Waals surface area contributed by atoms with Crippen molar-refractivity contribution in [3.8, 4) is 11.5 Å². The quantitative estimate of drug-likeness (QED) is 0.402. The molecule has 0 saturated heterocycles. The first-order valence-corrected chi connectivity index (χ1v) is 9.55. The van der Waals surface area contributed by atoms with Crippen molar-refractivity contribution in [2.75, 3.05) is 41.3 Å². The summed E-state index contributed by atoms with van der Waals surface area (Å²) in [6.07, 6.45) is 6.12. The number of hydrogen-bond donors (Lipinski definition) is 2. The molecule has 1 aliphatic rings. The summed E-state index contributed by atoms with van der Waals surface area (Å²) >= 11 is 0. The normalized spacial score (nSPS) is 15.3. The van der Waals surface area contributed by atoms with E-state index in [-0.39, 0.29) is 0 Å². The van der Waals surface area contributed by atoms with Gasteiger partial charge in [0.1, 0.15) is 0 Å². The van der Waals surface area contributed by atoms with Crippen molar-refractivity contribution in [1.29, 1.82) is 0 Å². The lowest BCUT2D eigenvalue weighted by Gasteiger charge is -2.20. The maximum absolute atomic E-state index is 6.29. The van der Waals surface area contributed by atoms with E-state index < -0.39 is 0 Å². The van der Waals surface area contributed by atoms with Crippen LogP contribution >= 0.6 is 0 Å². The topological polar surface area (TPSA) is 58.1 Å². The van der Waals surface area contributed by atoms with E-state index in [4.69, 9.17) is 9.47 Å². The van der Waals surface area contributed by atoms with Crippen LogP contribution in [0.5, 0.6) is 11.5 Å². The molecule has 0 radical (unpaired) electrons. The van der Waals surface area contributed by atoms with E-state index in [0.29, 0.717) is 12.6 Å². The molecule has 2 N–H and O–H groups in total. The molecular weight excluding hydrogens is 328 g/mol. The molecule has 146 valence electrons. The molecule has 1 aromatic rings. The fraction of sp³-hybridized carbons (Fsp3) is 0.650. The summed E-state index contributed by atoms with van der Waals surface area (Å²) in [5.41, 5.74) is 1.09. The first kappa shape index (κ1) is 20.4. The summed E-state index contributed by atoms with van der Waals surface area (Å²) in [5.74, 6) is 2.46. The summed E-state index contributed by atoms with van der Waals surface area (Å²) < 4.78 is 11.8. The average molecular weight is 363 g/mol. The number of guanidine groups is 1. The maximum Gasteiger partial charge on any atom is 0.191 e. The number of aliphatic imine (C=N–C) groups is 1. The molecule has 0 aromatic heterocycles. The molecule has 0 spiro atoms. The van der Waals surface area contributed by atoms with Crippen LogP contribution < -0.4 is 20.1 Å². The molecule has 0 heterocycles. The van der Waals surface area contributed by atoms with Gasteiger partial charge in [-0.3, -0.25) is 4.99 Å². The highest BCUT2D eigenvalue weighted by Gasteiger charge is 2.20. The van der Waals surface area contributed by atoms with E-state index in [1.807, 2.05) is 12.1 Å². The Labute approximate surface area is 158 Å². The second kappa shape index (κ2) is 10.9. The molecule has 6 heteroatoms. The molecule has 1 aliphatic carbocycles. The van der Waals surface area contributed by atoms with Gasteiger partial charge in [-0.15, -0.1) is 0 Å². The van der Waals surface area contributed by atoms with E-state index in [1.165, 1.54) is 12.8 Å². The summed E-state index contributed by atoms with van der Waals surface area (Å²) in [6, 6.07) is 6.05. The predicted molar refractivity (Wildman–Crippen MR) is 107 cm³/mol. The number of ether oxygens (including phenoxy) is 2. The highest BCUT2D eigenvalue weighted by molar-refractivity contribution is 5.79. The van der Waals surface area contributed by atoms with Crippen molar-refractivity contribution >= 4 is 5.96 Å². The average Bonchev–Trinajstić information content (AvgIpc) is 3.15. The molecule has 1 saturated carbocycles. The number of hydrogen-bond acceptors (Lipinski definition) is 4. The summed E-state index contributed by atoms with van der Waals surface area (Å²) in [6.45, 7) is 2.59. The minimum atomic E-state index is 0.300. The maximum atomic E-state index is 6.29. The van der Waals surface area contributed by atoms with Gasteiger partial charge in [-0.1, -0.05) is 12.1 Å². The van der Waals surface area contributed by atoms with Gasteiger partial charge in [0.15, 0.2) is 17.5 Å². The molecule has 2 rings (SSSR count). The lowest BCUT2D eigenvalue weighted by atomic mass is 10.1. The molecule has 0 unspecified atom stereocenters. The van der Waals surface area contributed by atoms with E-state index in [2.05, 4.69) is 40.7 Å². The molecule has 0 aliphatic heterocycles. The SMILES string of the molecule is CN=C(NCCCN(C)C)NCc1cccc(OC)c1OC1CCCC1. The van der Waals surface area contributed by atoms with Crippen molar-refractivity contribution in [2.24, 2.45) is 4.99 Å². The number of rotatable bonds is 9. The first-order chi connectivity index (χ1) is 12.6. The Kier molecular flexibility index (Phi) is 8.54. The van der Waals surface area contributed by atoms with Crippen molar-refractivity contribution in [3.05, 3.63) is 23.8 Å². The standard InChI is InChI=1S/C20H34N4O2/c1-21-20(22-13-8-14-24(2)3)23-15-16-9-7-12-18(25-4)19(16)26-17-10-5-6-11-17/h7,9,12,17H,5-6,8,10-11,13-15H2,1-4H3,(H2,21,22,23). The fourth-order valence-corrected chi connectivity index (χ4v) is 3.17. The van der Waals surface area contributed by atoms with Crippen LogP contribution in [0, 0.1) is 0 Å². The van der Waals surface area contributed by atoms with Crippen LogP contribution in [0.2, 0.25) is 0 Å². The number of methoxy groups -OCH3 is 1. The first-order valence-electron chi connectivity index (χ1n) is 9.55. The van der Waals surface area contributed by atoms with Crippen LogP contribution in [-0.2, 0) is 6.54 Å². The van der Waals surface area contributed by atoms with Gasteiger partial charge in [0, 0.05) is 25.7 Å². The van der Waals surface area contributed by atoms with E-state index in [0.717, 1.165) is 55.4 Å². The van der Waals surface area contributed by atoms with E-state index >= 15 is 0 Å². The lowest BCUT2D eigenvalue weighted by Crippen LogP contribution is -2.38. The second-order valence-electron chi connectivity index (χ2n) is 6.98. The van der Waals surface area contributed by atoms with Gasteiger partial charge in [-0.2, -0.15) is 0 Å². The highest BCUT2D eigenvalue weighted by Crippen LogP contribution is 2.34. The molecule has 0 amide bonds. The number of para-hydroxylation sites is 1. The van der Waals surface area contributed by atoms with Gasteiger partial charge in [0.25, 0.3) is 0 Å². The summed E-state index contributed by atoms with van der Waals surface area (Å²) in [4.78, 5) is 6.49. The monoisotopic (exact) mass is 362 g/mol.